The summed E-state index contributed by atoms with van der Waals surface area (Å²) in [5.74, 6) is 1.30. The maximum Gasteiger partial charge on any atom is 0.151 e. The second kappa shape index (κ2) is 4.57. The number of benzene rings is 1. The Balaban J connectivity index is 2.20. The smallest absolute Gasteiger partial charge is 0.151 e. The van der Waals surface area contributed by atoms with Gasteiger partial charge in [0.15, 0.2) is 6.29 Å². The molecular weight excluding hydrogens is 202 g/mol. The Bertz CT molecular complexity index is 492. The maximum absolute atomic E-state index is 10.6. The summed E-state index contributed by atoms with van der Waals surface area (Å²) < 4.78 is 5.55. The van der Waals surface area contributed by atoms with E-state index < -0.39 is 0 Å². The predicted octanol–water partition coefficient (Wildman–Crippen LogP) is 2.99. The lowest BCUT2D eigenvalue weighted by Gasteiger charge is -2.05. The van der Waals surface area contributed by atoms with Crippen molar-refractivity contribution < 1.29 is 9.53 Å². The van der Waals surface area contributed by atoms with Crippen molar-refractivity contribution in [1.29, 1.82) is 0 Å². The zero-order valence-electron chi connectivity index (χ0n) is 8.88. The molecule has 0 aliphatic heterocycles. The number of carbonyl (C=O) groups is 1. The van der Waals surface area contributed by atoms with Gasteiger partial charge in [0.25, 0.3) is 0 Å². The van der Waals surface area contributed by atoms with E-state index in [0.29, 0.717) is 11.3 Å². The first-order chi connectivity index (χ1) is 7.78. The average Bonchev–Trinajstić information content (AvgIpc) is 2.32. The van der Waals surface area contributed by atoms with Crippen LogP contribution in [0.3, 0.4) is 0 Å². The van der Waals surface area contributed by atoms with Gasteiger partial charge in [-0.25, -0.2) is 0 Å². The van der Waals surface area contributed by atoms with Crippen LogP contribution in [0.2, 0.25) is 0 Å². The van der Waals surface area contributed by atoms with Crippen molar-refractivity contribution in [3.63, 3.8) is 0 Å². The van der Waals surface area contributed by atoms with Crippen molar-refractivity contribution in [3.8, 4) is 11.5 Å². The Hall–Kier alpha value is -2.16. The first kappa shape index (κ1) is 10.4. The summed E-state index contributed by atoms with van der Waals surface area (Å²) in [6, 6.07) is 9.34. The SMILES string of the molecule is Cc1ccc(Oc2cncc(C=O)c2)cc1. The molecule has 0 bridgehead atoms. The maximum atomic E-state index is 10.6. The molecule has 0 N–H and O–H groups in total. The average molecular weight is 213 g/mol. The first-order valence-corrected chi connectivity index (χ1v) is 4.93. The van der Waals surface area contributed by atoms with Gasteiger partial charge < -0.3 is 4.74 Å². The van der Waals surface area contributed by atoms with Crippen LogP contribution in [0.4, 0.5) is 0 Å². The highest BCUT2D eigenvalue weighted by molar-refractivity contribution is 5.74. The Morgan fingerprint density at radius 1 is 1.12 bits per heavy atom. The van der Waals surface area contributed by atoms with Crippen LogP contribution < -0.4 is 4.74 Å². The molecule has 0 radical (unpaired) electrons. The fraction of sp³-hybridized carbons (Fsp3) is 0.0769. The Morgan fingerprint density at radius 3 is 2.56 bits per heavy atom. The number of pyridine rings is 1. The minimum Gasteiger partial charge on any atom is -0.456 e. The second-order valence-corrected chi connectivity index (χ2v) is 3.49. The van der Waals surface area contributed by atoms with Gasteiger partial charge in [0.1, 0.15) is 11.5 Å². The monoisotopic (exact) mass is 213 g/mol. The summed E-state index contributed by atoms with van der Waals surface area (Å²) in [7, 11) is 0. The standard InChI is InChI=1S/C13H11NO2/c1-10-2-4-12(5-3-10)16-13-6-11(9-15)7-14-8-13/h2-9H,1H3. The molecule has 2 rings (SSSR count). The third-order valence-electron chi connectivity index (χ3n) is 2.13. The fourth-order valence-electron chi connectivity index (χ4n) is 1.30. The summed E-state index contributed by atoms with van der Waals surface area (Å²) in [5, 5.41) is 0. The Kier molecular flexibility index (Phi) is 2.96. The van der Waals surface area contributed by atoms with Crippen LogP contribution in [0.1, 0.15) is 15.9 Å². The first-order valence-electron chi connectivity index (χ1n) is 4.93. The van der Waals surface area contributed by atoms with E-state index in [9.17, 15) is 4.79 Å². The number of hydrogen-bond acceptors (Lipinski definition) is 3. The topological polar surface area (TPSA) is 39.2 Å². The summed E-state index contributed by atoms with van der Waals surface area (Å²) >= 11 is 0. The molecule has 1 aromatic heterocycles. The molecule has 0 unspecified atom stereocenters. The highest BCUT2D eigenvalue weighted by Crippen LogP contribution is 2.21. The van der Waals surface area contributed by atoms with Crippen molar-refractivity contribution in [2.45, 2.75) is 6.92 Å². The molecule has 3 heteroatoms. The van der Waals surface area contributed by atoms with Gasteiger partial charge in [-0.1, -0.05) is 17.7 Å². The summed E-state index contributed by atoms with van der Waals surface area (Å²) in [6.45, 7) is 2.01. The normalized spacial score (nSPS) is 9.81. The van der Waals surface area contributed by atoms with Crippen molar-refractivity contribution in [2.75, 3.05) is 0 Å². The molecule has 0 fully saturated rings. The van der Waals surface area contributed by atoms with E-state index in [2.05, 4.69) is 4.98 Å². The zero-order chi connectivity index (χ0) is 11.4. The minimum atomic E-state index is 0.504. The molecule has 0 aliphatic carbocycles. The van der Waals surface area contributed by atoms with E-state index in [1.807, 2.05) is 31.2 Å². The lowest BCUT2D eigenvalue weighted by Crippen LogP contribution is -1.88. The van der Waals surface area contributed by atoms with Crippen molar-refractivity contribution in [2.24, 2.45) is 0 Å². The van der Waals surface area contributed by atoms with Gasteiger partial charge in [-0.15, -0.1) is 0 Å². The number of nitrogens with zero attached hydrogens (tertiary/aromatic N) is 1. The van der Waals surface area contributed by atoms with Crippen LogP contribution in [0.25, 0.3) is 0 Å². The van der Waals surface area contributed by atoms with Gasteiger partial charge in [0.05, 0.1) is 6.20 Å². The number of aryl methyl sites for hydroxylation is 1. The molecule has 0 atom stereocenters. The van der Waals surface area contributed by atoms with E-state index in [4.69, 9.17) is 4.74 Å². The highest BCUT2D eigenvalue weighted by atomic mass is 16.5. The van der Waals surface area contributed by atoms with E-state index in [-0.39, 0.29) is 0 Å². The molecule has 80 valence electrons. The Morgan fingerprint density at radius 2 is 1.88 bits per heavy atom. The van der Waals surface area contributed by atoms with Gasteiger partial charge >= 0.3 is 0 Å². The number of ether oxygens (including phenoxy) is 1. The van der Waals surface area contributed by atoms with E-state index in [0.717, 1.165) is 12.0 Å². The second-order valence-electron chi connectivity index (χ2n) is 3.49. The molecule has 2 aromatic rings. The quantitative estimate of drug-likeness (QED) is 0.736. The molecule has 0 saturated carbocycles. The largest absolute Gasteiger partial charge is 0.456 e. The van der Waals surface area contributed by atoms with E-state index in [1.54, 1.807) is 12.3 Å². The molecular formula is C13H11NO2. The molecule has 1 heterocycles. The van der Waals surface area contributed by atoms with Crippen molar-refractivity contribution in [3.05, 3.63) is 53.9 Å². The number of rotatable bonds is 3. The minimum absolute atomic E-state index is 0.504. The van der Waals surface area contributed by atoms with E-state index >= 15 is 0 Å². The van der Waals surface area contributed by atoms with Gasteiger partial charge in [-0.05, 0) is 25.1 Å². The molecule has 0 saturated heterocycles. The van der Waals surface area contributed by atoms with Crippen LogP contribution in [0, 0.1) is 6.92 Å². The summed E-state index contributed by atoms with van der Waals surface area (Å²) in [4.78, 5) is 14.5. The van der Waals surface area contributed by atoms with Gasteiger partial charge in [0.2, 0.25) is 0 Å². The van der Waals surface area contributed by atoms with Gasteiger partial charge in [-0.2, -0.15) is 0 Å². The van der Waals surface area contributed by atoms with Crippen LogP contribution in [0.5, 0.6) is 11.5 Å². The highest BCUT2D eigenvalue weighted by Gasteiger charge is 1.98. The molecule has 3 nitrogen and oxygen atoms in total. The zero-order valence-corrected chi connectivity index (χ0v) is 8.88. The molecule has 0 spiro atoms. The lowest BCUT2D eigenvalue weighted by molar-refractivity contribution is 0.112. The fourth-order valence-corrected chi connectivity index (χ4v) is 1.30. The van der Waals surface area contributed by atoms with Crippen LogP contribution in [-0.2, 0) is 0 Å². The van der Waals surface area contributed by atoms with Crippen molar-refractivity contribution >= 4 is 6.29 Å². The van der Waals surface area contributed by atoms with Crippen molar-refractivity contribution in [1.82, 2.24) is 4.98 Å². The molecule has 1 aromatic carbocycles. The molecule has 0 aliphatic rings. The summed E-state index contributed by atoms with van der Waals surface area (Å²) in [5.41, 5.74) is 1.68. The Labute approximate surface area is 93.7 Å². The van der Waals surface area contributed by atoms with Crippen LogP contribution in [0.15, 0.2) is 42.7 Å². The number of aromatic nitrogens is 1. The lowest BCUT2D eigenvalue weighted by atomic mass is 10.2. The summed E-state index contributed by atoms with van der Waals surface area (Å²) in [6.07, 6.45) is 3.82. The van der Waals surface area contributed by atoms with Crippen LogP contribution in [-0.4, -0.2) is 11.3 Å². The molecule has 0 amide bonds. The number of carbonyl (C=O) groups excluding carboxylic acids is 1. The number of hydrogen-bond donors (Lipinski definition) is 0. The van der Waals surface area contributed by atoms with Gasteiger partial charge in [0, 0.05) is 11.8 Å². The predicted molar refractivity (Wildman–Crippen MR) is 60.9 cm³/mol. The number of aldehydes is 1. The van der Waals surface area contributed by atoms with Gasteiger partial charge in [-0.3, -0.25) is 9.78 Å². The van der Waals surface area contributed by atoms with E-state index in [1.165, 1.54) is 11.8 Å². The van der Waals surface area contributed by atoms with Crippen LogP contribution >= 0.6 is 0 Å². The molecule has 16 heavy (non-hydrogen) atoms. The third-order valence-corrected chi connectivity index (χ3v) is 2.13. The third kappa shape index (κ3) is 2.45.